The molecule has 1 amide bonds. The van der Waals surface area contributed by atoms with Crippen LogP contribution in [0.15, 0.2) is 78.5 Å². The molecule has 9 heteroatoms. The number of nitrogens with one attached hydrogen (secondary N) is 1. The van der Waals surface area contributed by atoms with Crippen LogP contribution in [0.1, 0.15) is 21.6 Å². The molecule has 0 saturated carbocycles. The van der Waals surface area contributed by atoms with Gasteiger partial charge in [0.1, 0.15) is 18.2 Å². The van der Waals surface area contributed by atoms with E-state index < -0.39 is 5.91 Å². The lowest BCUT2D eigenvalue weighted by Gasteiger charge is -2.11. The van der Waals surface area contributed by atoms with Crippen molar-refractivity contribution in [3.8, 4) is 17.6 Å². The molecule has 3 aromatic carbocycles. The van der Waals surface area contributed by atoms with Gasteiger partial charge in [-0.2, -0.15) is 5.26 Å². The first-order chi connectivity index (χ1) is 18.0. The van der Waals surface area contributed by atoms with Gasteiger partial charge in [0, 0.05) is 17.5 Å². The predicted molar refractivity (Wildman–Crippen MR) is 147 cm³/mol. The Bertz CT molecular complexity index is 1480. The number of halogens is 2. The van der Waals surface area contributed by atoms with Crippen LogP contribution < -0.4 is 14.8 Å². The molecule has 0 saturated heterocycles. The molecule has 0 spiro atoms. The molecule has 4 aromatic rings. The number of nitriles is 1. The third kappa shape index (κ3) is 6.89. The summed E-state index contributed by atoms with van der Waals surface area (Å²) in [4.78, 5) is 17.9. The summed E-state index contributed by atoms with van der Waals surface area (Å²) >= 11 is 13.7. The summed E-state index contributed by atoms with van der Waals surface area (Å²) < 4.78 is 11.3. The van der Waals surface area contributed by atoms with Crippen LogP contribution in [0, 0.1) is 11.3 Å². The quantitative estimate of drug-likeness (QED) is 0.176. The van der Waals surface area contributed by atoms with Gasteiger partial charge >= 0.3 is 0 Å². The van der Waals surface area contributed by atoms with E-state index in [2.05, 4.69) is 10.3 Å². The van der Waals surface area contributed by atoms with Gasteiger partial charge in [-0.25, -0.2) is 4.98 Å². The summed E-state index contributed by atoms with van der Waals surface area (Å²) in [5.74, 6) is 0.487. The van der Waals surface area contributed by atoms with Crippen LogP contribution in [0.4, 0.5) is 5.13 Å². The number of carbonyl (C=O) groups is 1. The highest BCUT2D eigenvalue weighted by Crippen LogP contribution is 2.31. The summed E-state index contributed by atoms with van der Waals surface area (Å²) in [6.07, 6.45) is 3.66. The zero-order chi connectivity index (χ0) is 26.2. The van der Waals surface area contributed by atoms with Crippen molar-refractivity contribution in [3.63, 3.8) is 0 Å². The third-order valence-electron chi connectivity index (χ3n) is 5.27. The molecule has 1 heterocycles. The number of methoxy groups -OCH3 is 1. The van der Waals surface area contributed by atoms with E-state index in [4.69, 9.17) is 32.7 Å². The van der Waals surface area contributed by atoms with Crippen LogP contribution >= 0.6 is 34.5 Å². The topological polar surface area (TPSA) is 84.2 Å². The van der Waals surface area contributed by atoms with Gasteiger partial charge in [-0.1, -0.05) is 71.7 Å². The van der Waals surface area contributed by atoms with Crippen LogP contribution in [0.25, 0.3) is 6.08 Å². The Labute approximate surface area is 228 Å². The first-order valence-electron chi connectivity index (χ1n) is 11.1. The molecule has 186 valence electrons. The molecule has 37 heavy (non-hydrogen) atoms. The lowest BCUT2D eigenvalue weighted by atomic mass is 10.1. The number of hydrogen-bond donors (Lipinski definition) is 1. The molecule has 6 nitrogen and oxygen atoms in total. The van der Waals surface area contributed by atoms with E-state index >= 15 is 0 Å². The molecule has 0 bridgehead atoms. The molecule has 0 aliphatic rings. The Morgan fingerprint density at radius 1 is 1.11 bits per heavy atom. The van der Waals surface area contributed by atoms with Gasteiger partial charge in [0.15, 0.2) is 16.6 Å². The van der Waals surface area contributed by atoms with Gasteiger partial charge < -0.3 is 9.47 Å². The fraction of sp³-hybridized carbons (Fsp3) is 0.107. The van der Waals surface area contributed by atoms with Crippen LogP contribution in [0.3, 0.4) is 0 Å². The highest BCUT2D eigenvalue weighted by Gasteiger charge is 2.14. The standard InChI is InChI=1S/C28H21Cl2N3O3S/c1-35-25-13-19(10-11-24(25)36-17-18-6-3-2-4-7-18)12-21(15-31)27(34)33-28-32-16-22(37-28)14-20-8-5-9-23(29)26(20)30/h2-13,16H,14,17H2,1H3,(H,32,33,34)/b21-12+. The van der Waals surface area contributed by atoms with Crippen molar-refractivity contribution in [2.75, 3.05) is 12.4 Å². The molecule has 0 radical (unpaired) electrons. The van der Waals surface area contributed by atoms with Crippen molar-refractivity contribution in [2.45, 2.75) is 13.0 Å². The van der Waals surface area contributed by atoms with Crippen molar-refractivity contribution >= 4 is 51.7 Å². The van der Waals surface area contributed by atoms with E-state index in [9.17, 15) is 10.1 Å². The van der Waals surface area contributed by atoms with Crippen molar-refractivity contribution < 1.29 is 14.3 Å². The molecule has 0 fully saturated rings. The van der Waals surface area contributed by atoms with E-state index in [1.54, 1.807) is 30.5 Å². The zero-order valence-electron chi connectivity index (χ0n) is 19.7. The van der Waals surface area contributed by atoms with E-state index in [1.807, 2.05) is 48.5 Å². The first-order valence-corrected chi connectivity index (χ1v) is 12.7. The number of carbonyl (C=O) groups excluding carboxylic acids is 1. The first kappa shape index (κ1) is 26.2. The highest BCUT2D eigenvalue weighted by atomic mass is 35.5. The lowest BCUT2D eigenvalue weighted by Crippen LogP contribution is -2.13. The van der Waals surface area contributed by atoms with Crippen molar-refractivity contribution in [1.82, 2.24) is 4.98 Å². The summed E-state index contributed by atoms with van der Waals surface area (Å²) in [6, 6.07) is 22.4. The maximum absolute atomic E-state index is 12.8. The zero-order valence-corrected chi connectivity index (χ0v) is 22.0. The van der Waals surface area contributed by atoms with Crippen LogP contribution in [-0.2, 0) is 17.8 Å². The molecule has 0 unspecified atom stereocenters. The number of nitrogens with zero attached hydrogens (tertiary/aromatic N) is 2. The summed E-state index contributed by atoms with van der Waals surface area (Å²) in [6.45, 7) is 0.386. The van der Waals surface area contributed by atoms with Crippen LogP contribution in [0.2, 0.25) is 10.0 Å². The van der Waals surface area contributed by atoms with E-state index in [0.717, 1.165) is 16.0 Å². The van der Waals surface area contributed by atoms with Gasteiger partial charge in [-0.05, 0) is 41.0 Å². The van der Waals surface area contributed by atoms with Gasteiger partial charge in [-0.15, -0.1) is 11.3 Å². The molecule has 4 rings (SSSR count). The molecule has 1 N–H and O–H groups in total. The van der Waals surface area contributed by atoms with Crippen LogP contribution in [-0.4, -0.2) is 18.0 Å². The number of hydrogen-bond acceptors (Lipinski definition) is 6. The third-order valence-corrected chi connectivity index (χ3v) is 7.04. The maximum Gasteiger partial charge on any atom is 0.268 e. The lowest BCUT2D eigenvalue weighted by molar-refractivity contribution is -0.112. The predicted octanol–water partition coefficient (Wildman–Crippen LogP) is 7.17. The molecular formula is C28H21Cl2N3O3S. The summed E-state index contributed by atoms with van der Waals surface area (Å²) in [7, 11) is 1.53. The number of aromatic nitrogens is 1. The normalized spacial score (nSPS) is 11.0. The molecule has 0 atom stereocenters. The second kappa shape index (κ2) is 12.4. The Hall–Kier alpha value is -3.83. The minimum atomic E-state index is -0.562. The Balaban J connectivity index is 1.43. The SMILES string of the molecule is COc1cc(/C=C(\C#N)C(=O)Nc2ncc(Cc3cccc(Cl)c3Cl)s2)ccc1OCc1ccccc1. The smallest absolute Gasteiger partial charge is 0.268 e. The monoisotopic (exact) mass is 549 g/mol. The van der Waals surface area contributed by atoms with Gasteiger partial charge in [0.25, 0.3) is 5.91 Å². The second-order valence-corrected chi connectivity index (χ2v) is 9.73. The van der Waals surface area contributed by atoms with Crippen molar-refractivity contribution in [3.05, 3.63) is 110 Å². The Morgan fingerprint density at radius 3 is 2.68 bits per heavy atom. The number of thiazole rings is 1. The number of rotatable bonds is 9. The summed E-state index contributed by atoms with van der Waals surface area (Å²) in [5.41, 5.74) is 2.43. The minimum Gasteiger partial charge on any atom is -0.493 e. The Morgan fingerprint density at radius 2 is 1.92 bits per heavy atom. The fourth-order valence-electron chi connectivity index (χ4n) is 3.43. The van der Waals surface area contributed by atoms with Gasteiger partial charge in [-0.3, -0.25) is 10.1 Å². The fourth-order valence-corrected chi connectivity index (χ4v) is 4.65. The van der Waals surface area contributed by atoms with Crippen molar-refractivity contribution in [1.29, 1.82) is 5.26 Å². The maximum atomic E-state index is 12.8. The molecule has 0 aliphatic heterocycles. The number of ether oxygens (including phenoxy) is 2. The van der Waals surface area contributed by atoms with Crippen LogP contribution in [0.5, 0.6) is 11.5 Å². The number of anilines is 1. The van der Waals surface area contributed by atoms with Crippen molar-refractivity contribution in [2.24, 2.45) is 0 Å². The van der Waals surface area contributed by atoms with E-state index in [0.29, 0.717) is 45.3 Å². The van der Waals surface area contributed by atoms with Gasteiger partial charge in [0.05, 0.1) is 17.2 Å². The average Bonchev–Trinajstić information content (AvgIpc) is 3.36. The average molecular weight is 550 g/mol. The number of benzene rings is 3. The molecular weight excluding hydrogens is 529 g/mol. The highest BCUT2D eigenvalue weighted by molar-refractivity contribution is 7.15. The molecule has 1 aromatic heterocycles. The Kier molecular flexibility index (Phi) is 8.81. The van der Waals surface area contributed by atoms with E-state index in [1.165, 1.54) is 24.5 Å². The molecule has 0 aliphatic carbocycles. The minimum absolute atomic E-state index is 0.0744. The van der Waals surface area contributed by atoms with E-state index in [-0.39, 0.29) is 5.57 Å². The second-order valence-electron chi connectivity index (χ2n) is 7.83. The number of amides is 1. The largest absolute Gasteiger partial charge is 0.493 e. The summed E-state index contributed by atoms with van der Waals surface area (Å²) in [5, 5.41) is 13.6. The van der Waals surface area contributed by atoms with Gasteiger partial charge in [0.2, 0.25) is 0 Å².